The number of nitrogens with one attached hydrogen (secondary N) is 1. The second-order valence-electron chi connectivity index (χ2n) is 5.07. The van der Waals surface area contributed by atoms with E-state index in [2.05, 4.69) is 15.5 Å². The fraction of sp³-hybridized carbons (Fsp3) is 0.167. The van der Waals surface area contributed by atoms with Crippen molar-refractivity contribution in [3.63, 3.8) is 0 Å². The Morgan fingerprint density at radius 3 is 2.38 bits per heavy atom. The van der Waals surface area contributed by atoms with Gasteiger partial charge in [0.25, 0.3) is 5.91 Å². The number of aromatic nitrogens is 2. The van der Waals surface area contributed by atoms with Crippen molar-refractivity contribution in [2.24, 2.45) is 0 Å². The van der Waals surface area contributed by atoms with Crippen molar-refractivity contribution in [2.45, 2.75) is 19.4 Å². The molecule has 0 saturated heterocycles. The standard InChI is InChI=1S/C18H17N3O2S/c1-2-15-20-21-18(24-15)19-17(22)16(13-9-5-3-6-10-13)23-14-11-7-4-8-12-14/h3-12,16H,2H2,1H3,(H,19,21,22)/t16-/m1/s1. The normalized spacial score (nSPS) is 11.7. The van der Waals surface area contributed by atoms with Crippen molar-refractivity contribution in [1.29, 1.82) is 0 Å². The molecule has 3 aromatic rings. The molecular weight excluding hydrogens is 322 g/mol. The number of carbonyl (C=O) groups is 1. The molecule has 6 heteroatoms. The van der Waals surface area contributed by atoms with Crippen LogP contribution in [0.1, 0.15) is 23.6 Å². The van der Waals surface area contributed by atoms with E-state index in [1.807, 2.05) is 67.6 Å². The van der Waals surface area contributed by atoms with Crippen LogP contribution in [0.5, 0.6) is 5.75 Å². The van der Waals surface area contributed by atoms with Crippen molar-refractivity contribution >= 4 is 22.4 Å². The number of anilines is 1. The number of benzene rings is 2. The molecule has 1 heterocycles. The Bertz CT molecular complexity index is 790. The van der Waals surface area contributed by atoms with Gasteiger partial charge in [0, 0.05) is 5.56 Å². The molecule has 0 aliphatic heterocycles. The van der Waals surface area contributed by atoms with Gasteiger partial charge in [0.05, 0.1) is 0 Å². The van der Waals surface area contributed by atoms with Gasteiger partial charge in [0.1, 0.15) is 10.8 Å². The molecule has 3 rings (SSSR count). The third kappa shape index (κ3) is 3.97. The first-order valence-electron chi connectivity index (χ1n) is 7.66. The third-order valence-electron chi connectivity index (χ3n) is 3.34. The Balaban J connectivity index is 1.82. The number of rotatable bonds is 6. The van der Waals surface area contributed by atoms with Crippen LogP contribution in [0, 0.1) is 0 Å². The summed E-state index contributed by atoms with van der Waals surface area (Å²) in [4.78, 5) is 12.7. The minimum Gasteiger partial charge on any atom is -0.476 e. The summed E-state index contributed by atoms with van der Waals surface area (Å²) in [6.07, 6.45) is 0.0264. The highest BCUT2D eigenvalue weighted by molar-refractivity contribution is 7.15. The highest BCUT2D eigenvalue weighted by atomic mass is 32.1. The molecule has 1 atom stereocenters. The fourth-order valence-electron chi connectivity index (χ4n) is 2.15. The summed E-state index contributed by atoms with van der Waals surface area (Å²) in [5, 5.41) is 12.2. The lowest BCUT2D eigenvalue weighted by molar-refractivity contribution is -0.123. The zero-order valence-electron chi connectivity index (χ0n) is 13.2. The number of para-hydroxylation sites is 1. The number of amides is 1. The van der Waals surface area contributed by atoms with E-state index in [1.165, 1.54) is 11.3 Å². The Hall–Kier alpha value is -2.73. The molecule has 24 heavy (non-hydrogen) atoms. The maximum atomic E-state index is 12.7. The number of carbonyl (C=O) groups excluding carboxylic acids is 1. The summed E-state index contributed by atoms with van der Waals surface area (Å²) in [7, 11) is 0. The van der Waals surface area contributed by atoms with Crippen molar-refractivity contribution in [2.75, 3.05) is 5.32 Å². The molecule has 0 radical (unpaired) electrons. The molecule has 122 valence electrons. The lowest BCUT2D eigenvalue weighted by atomic mass is 10.1. The average Bonchev–Trinajstić information content (AvgIpc) is 3.09. The minimum atomic E-state index is -0.762. The predicted octanol–water partition coefficient (Wildman–Crippen LogP) is 3.86. The quantitative estimate of drug-likeness (QED) is 0.741. The fourth-order valence-corrected chi connectivity index (χ4v) is 2.84. The Kier molecular flexibility index (Phi) is 5.18. The molecule has 2 aromatic carbocycles. The smallest absolute Gasteiger partial charge is 0.272 e. The largest absolute Gasteiger partial charge is 0.476 e. The average molecular weight is 339 g/mol. The van der Waals surface area contributed by atoms with Crippen LogP contribution in [0.4, 0.5) is 5.13 Å². The second-order valence-corrected chi connectivity index (χ2v) is 6.13. The summed E-state index contributed by atoms with van der Waals surface area (Å²) >= 11 is 1.37. The number of ether oxygens (including phenoxy) is 1. The summed E-state index contributed by atoms with van der Waals surface area (Å²) in [5.74, 6) is 0.358. The molecule has 5 nitrogen and oxygen atoms in total. The van der Waals surface area contributed by atoms with Crippen molar-refractivity contribution in [1.82, 2.24) is 10.2 Å². The van der Waals surface area contributed by atoms with E-state index in [1.54, 1.807) is 0 Å². The highest BCUT2D eigenvalue weighted by Crippen LogP contribution is 2.24. The van der Waals surface area contributed by atoms with E-state index in [-0.39, 0.29) is 5.91 Å². The first-order valence-corrected chi connectivity index (χ1v) is 8.48. The molecule has 0 saturated carbocycles. The summed E-state index contributed by atoms with van der Waals surface area (Å²) in [6, 6.07) is 18.7. The second kappa shape index (κ2) is 7.70. The van der Waals surface area contributed by atoms with E-state index in [9.17, 15) is 4.79 Å². The lowest BCUT2D eigenvalue weighted by Gasteiger charge is -2.18. The van der Waals surface area contributed by atoms with Gasteiger partial charge in [-0.3, -0.25) is 10.1 Å². The third-order valence-corrected chi connectivity index (χ3v) is 4.32. The Morgan fingerprint density at radius 1 is 1.08 bits per heavy atom. The molecule has 1 N–H and O–H groups in total. The molecular formula is C18H17N3O2S. The van der Waals surface area contributed by atoms with Crippen LogP contribution in [-0.4, -0.2) is 16.1 Å². The van der Waals surface area contributed by atoms with Crippen LogP contribution in [0.15, 0.2) is 60.7 Å². The van der Waals surface area contributed by atoms with Gasteiger partial charge in [-0.25, -0.2) is 0 Å². The molecule has 0 aliphatic rings. The van der Waals surface area contributed by atoms with E-state index >= 15 is 0 Å². The maximum Gasteiger partial charge on any atom is 0.272 e. The van der Waals surface area contributed by atoms with Gasteiger partial charge < -0.3 is 4.74 Å². The van der Waals surface area contributed by atoms with Gasteiger partial charge in [-0.15, -0.1) is 10.2 Å². The van der Waals surface area contributed by atoms with Gasteiger partial charge in [-0.1, -0.05) is 66.8 Å². The van der Waals surface area contributed by atoms with Crippen molar-refractivity contribution in [3.05, 3.63) is 71.2 Å². The number of nitrogens with zero attached hydrogens (tertiary/aromatic N) is 2. The Labute approximate surface area is 144 Å². The molecule has 0 fully saturated rings. The molecule has 1 amide bonds. The van der Waals surface area contributed by atoms with E-state index in [0.717, 1.165) is 17.0 Å². The van der Waals surface area contributed by atoms with E-state index in [4.69, 9.17) is 4.74 Å². The highest BCUT2D eigenvalue weighted by Gasteiger charge is 2.23. The van der Waals surface area contributed by atoms with Crippen LogP contribution in [0.3, 0.4) is 0 Å². The SMILES string of the molecule is CCc1nnc(NC(=O)[C@H](Oc2ccccc2)c2ccccc2)s1. The van der Waals surface area contributed by atoms with Gasteiger partial charge in [-0.2, -0.15) is 0 Å². The summed E-state index contributed by atoms with van der Waals surface area (Å²) < 4.78 is 5.91. The van der Waals surface area contributed by atoms with Crippen LogP contribution in [0.2, 0.25) is 0 Å². The topological polar surface area (TPSA) is 64.1 Å². The molecule has 0 spiro atoms. The van der Waals surface area contributed by atoms with E-state index in [0.29, 0.717) is 10.9 Å². The molecule has 0 bridgehead atoms. The molecule has 0 unspecified atom stereocenters. The monoisotopic (exact) mass is 339 g/mol. The molecule has 0 aliphatic carbocycles. The van der Waals surface area contributed by atoms with Crippen LogP contribution < -0.4 is 10.1 Å². The van der Waals surface area contributed by atoms with Gasteiger partial charge in [0.15, 0.2) is 0 Å². The van der Waals surface area contributed by atoms with Crippen molar-refractivity contribution in [3.8, 4) is 5.75 Å². The zero-order chi connectivity index (χ0) is 16.8. The molecule has 1 aromatic heterocycles. The number of aryl methyl sites for hydroxylation is 1. The zero-order valence-corrected chi connectivity index (χ0v) is 14.0. The summed E-state index contributed by atoms with van der Waals surface area (Å²) in [6.45, 7) is 2.00. The van der Waals surface area contributed by atoms with Crippen LogP contribution in [0.25, 0.3) is 0 Å². The first-order chi connectivity index (χ1) is 11.8. The maximum absolute atomic E-state index is 12.7. The summed E-state index contributed by atoms with van der Waals surface area (Å²) in [5.41, 5.74) is 0.777. The van der Waals surface area contributed by atoms with Gasteiger partial charge >= 0.3 is 0 Å². The number of hydrogen-bond acceptors (Lipinski definition) is 5. The van der Waals surface area contributed by atoms with Gasteiger partial charge in [0.2, 0.25) is 11.2 Å². The number of hydrogen-bond donors (Lipinski definition) is 1. The predicted molar refractivity (Wildman–Crippen MR) is 94.2 cm³/mol. The van der Waals surface area contributed by atoms with Crippen LogP contribution in [-0.2, 0) is 11.2 Å². The Morgan fingerprint density at radius 2 is 1.75 bits per heavy atom. The lowest BCUT2D eigenvalue weighted by Crippen LogP contribution is -2.25. The minimum absolute atomic E-state index is 0.274. The van der Waals surface area contributed by atoms with E-state index < -0.39 is 6.10 Å². The first kappa shape index (κ1) is 16.1. The van der Waals surface area contributed by atoms with Crippen LogP contribution >= 0.6 is 11.3 Å². The van der Waals surface area contributed by atoms with Gasteiger partial charge in [-0.05, 0) is 18.6 Å². The van der Waals surface area contributed by atoms with Crippen molar-refractivity contribution < 1.29 is 9.53 Å².